The Morgan fingerprint density at radius 2 is 2.12 bits per heavy atom. The van der Waals surface area contributed by atoms with Gasteiger partial charge in [-0.2, -0.15) is 8.78 Å². The first kappa shape index (κ1) is 19.9. The summed E-state index contributed by atoms with van der Waals surface area (Å²) in [4.78, 5) is 12.4. The number of alkyl halides is 2. The molecule has 0 aromatic heterocycles. The SMILES string of the molecule is CN1NNN=C1NC(=O)c1ccc(OC(F)F)c(N(C)S(C)(=O)=O)c1Cl. The lowest BCUT2D eigenvalue weighted by molar-refractivity contribution is -0.0494. The molecule has 0 aliphatic carbocycles. The van der Waals surface area contributed by atoms with E-state index in [-0.39, 0.29) is 22.2 Å². The Morgan fingerprint density at radius 3 is 2.62 bits per heavy atom. The van der Waals surface area contributed by atoms with Crippen molar-refractivity contribution in [2.45, 2.75) is 6.61 Å². The smallest absolute Gasteiger partial charge is 0.387 e. The lowest BCUT2D eigenvalue weighted by atomic mass is 10.1. The van der Waals surface area contributed by atoms with Gasteiger partial charge in [0.05, 0.1) is 16.8 Å². The number of nitrogens with one attached hydrogen (secondary N) is 3. The summed E-state index contributed by atoms with van der Waals surface area (Å²) in [6.07, 6.45) is 0.849. The molecule has 144 valence electrons. The molecule has 2 rings (SSSR count). The summed E-state index contributed by atoms with van der Waals surface area (Å²) in [5.41, 5.74) is 4.41. The molecule has 0 radical (unpaired) electrons. The molecule has 1 aliphatic rings. The Balaban J connectivity index is 2.47. The van der Waals surface area contributed by atoms with Crippen LogP contribution in [0.25, 0.3) is 0 Å². The van der Waals surface area contributed by atoms with E-state index in [4.69, 9.17) is 11.6 Å². The fourth-order valence-corrected chi connectivity index (χ4v) is 2.87. The number of ether oxygens (including phenoxy) is 1. The molecule has 26 heavy (non-hydrogen) atoms. The second-order valence-electron chi connectivity index (χ2n) is 5.05. The Kier molecular flexibility index (Phi) is 5.73. The van der Waals surface area contributed by atoms with Crippen molar-refractivity contribution >= 4 is 39.2 Å². The van der Waals surface area contributed by atoms with Crippen LogP contribution >= 0.6 is 11.6 Å². The number of rotatable bonds is 5. The van der Waals surface area contributed by atoms with E-state index in [1.807, 2.05) is 0 Å². The summed E-state index contributed by atoms with van der Waals surface area (Å²) in [7, 11) is -1.21. The molecule has 0 fully saturated rings. The molecule has 0 saturated heterocycles. The molecule has 10 nitrogen and oxygen atoms in total. The van der Waals surface area contributed by atoms with Crippen LogP contribution in [-0.4, -0.2) is 52.3 Å². The number of hydrogen-bond donors (Lipinski definition) is 3. The monoisotopic (exact) mass is 412 g/mol. The molecule has 0 unspecified atom stereocenters. The summed E-state index contributed by atoms with van der Waals surface area (Å²) in [6, 6.07) is 2.16. The molecule has 1 aromatic rings. The molecule has 1 aliphatic heterocycles. The number of nitrogens with zero attached hydrogens (tertiary/aromatic N) is 3. The van der Waals surface area contributed by atoms with Crippen molar-refractivity contribution in [1.29, 1.82) is 0 Å². The van der Waals surface area contributed by atoms with Crippen molar-refractivity contribution in [2.24, 2.45) is 5.10 Å². The molecule has 0 spiro atoms. The van der Waals surface area contributed by atoms with Gasteiger partial charge in [0.25, 0.3) is 5.91 Å². The number of benzene rings is 1. The summed E-state index contributed by atoms with van der Waals surface area (Å²) in [5.74, 6) is -1.12. The van der Waals surface area contributed by atoms with E-state index < -0.39 is 28.3 Å². The molecule has 0 bridgehead atoms. The fraction of sp³-hybridized carbons (Fsp3) is 0.333. The highest BCUT2D eigenvalue weighted by Gasteiger charge is 2.27. The molecule has 1 heterocycles. The lowest BCUT2D eigenvalue weighted by Gasteiger charge is -2.23. The molecule has 0 atom stereocenters. The first-order chi connectivity index (χ1) is 12.0. The van der Waals surface area contributed by atoms with Gasteiger partial charge >= 0.3 is 6.61 Å². The van der Waals surface area contributed by atoms with Gasteiger partial charge in [-0.15, -0.1) is 10.6 Å². The van der Waals surface area contributed by atoms with Crippen LogP contribution in [0.5, 0.6) is 5.75 Å². The van der Waals surface area contributed by atoms with Gasteiger partial charge in [-0.25, -0.2) is 14.0 Å². The summed E-state index contributed by atoms with van der Waals surface area (Å²) in [5, 5.41) is 7.14. The van der Waals surface area contributed by atoms with Crippen molar-refractivity contribution in [3.05, 3.63) is 22.7 Å². The number of amides is 1. The van der Waals surface area contributed by atoms with Crippen LogP contribution in [0.2, 0.25) is 5.02 Å². The molecule has 1 aromatic carbocycles. The molecule has 14 heteroatoms. The highest BCUT2D eigenvalue weighted by atomic mass is 35.5. The normalized spacial score (nSPS) is 14.1. The first-order valence-corrected chi connectivity index (χ1v) is 9.09. The zero-order valence-corrected chi connectivity index (χ0v) is 15.3. The topological polar surface area (TPSA) is 115 Å². The Bertz CT molecular complexity index is 850. The fourth-order valence-electron chi connectivity index (χ4n) is 1.93. The summed E-state index contributed by atoms with van der Waals surface area (Å²) < 4.78 is 53.8. The Morgan fingerprint density at radius 1 is 1.46 bits per heavy atom. The minimum absolute atomic E-state index is 0.108. The van der Waals surface area contributed by atoms with Crippen molar-refractivity contribution < 1.29 is 26.7 Å². The second kappa shape index (κ2) is 7.47. The largest absolute Gasteiger partial charge is 0.433 e. The number of hydrazone groups is 1. The van der Waals surface area contributed by atoms with E-state index in [1.165, 1.54) is 5.01 Å². The standard InChI is InChI=1S/C12H15ClF2N6O4S/c1-20-12(17-18-19-20)16-10(22)6-4-5-7(25-11(14)15)9(8(6)13)21(2)26(3,23)24/h4-5,11,18-19H,1-3H3,(H,16,17,22). The van der Waals surface area contributed by atoms with Gasteiger partial charge in [0, 0.05) is 14.1 Å². The molecular weight excluding hydrogens is 398 g/mol. The van der Waals surface area contributed by atoms with E-state index >= 15 is 0 Å². The molecule has 3 N–H and O–H groups in total. The molecular formula is C12H15ClF2N6O4S. The van der Waals surface area contributed by atoms with Gasteiger partial charge in [-0.1, -0.05) is 11.6 Å². The predicted octanol–water partition coefficient (Wildman–Crippen LogP) is 0.293. The number of hydrazine groups is 2. The van der Waals surface area contributed by atoms with Gasteiger partial charge in [-0.3, -0.25) is 19.4 Å². The van der Waals surface area contributed by atoms with Crippen LogP contribution in [0.15, 0.2) is 17.2 Å². The zero-order chi connectivity index (χ0) is 19.6. The van der Waals surface area contributed by atoms with Gasteiger partial charge in [0.2, 0.25) is 16.0 Å². The minimum atomic E-state index is -3.87. The van der Waals surface area contributed by atoms with Crippen LogP contribution in [0.1, 0.15) is 10.4 Å². The molecule has 0 saturated carbocycles. The van der Waals surface area contributed by atoms with Gasteiger partial charge in [0.1, 0.15) is 5.69 Å². The maximum Gasteiger partial charge on any atom is 0.387 e. The van der Waals surface area contributed by atoms with Crippen molar-refractivity contribution in [1.82, 2.24) is 21.4 Å². The maximum atomic E-state index is 12.6. The van der Waals surface area contributed by atoms with Crippen LogP contribution in [0.3, 0.4) is 0 Å². The van der Waals surface area contributed by atoms with Gasteiger partial charge < -0.3 is 4.74 Å². The van der Waals surface area contributed by atoms with Crippen molar-refractivity contribution in [3.63, 3.8) is 0 Å². The number of hydrogen-bond acceptors (Lipinski definition) is 8. The molecule has 1 amide bonds. The van der Waals surface area contributed by atoms with Crippen molar-refractivity contribution in [3.8, 4) is 5.75 Å². The summed E-state index contributed by atoms with van der Waals surface area (Å²) in [6.45, 7) is -3.21. The van der Waals surface area contributed by atoms with Crippen LogP contribution in [-0.2, 0) is 10.0 Å². The average Bonchev–Trinajstić information content (AvgIpc) is 2.90. The third-order valence-corrected chi connectivity index (χ3v) is 4.83. The number of carbonyl (C=O) groups is 1. The third kappa shape index (κ3) is 4.23. The highest BCUT2D eigenvalue weighted by Crippen LogP contribution is 2.39. The Labute approximate surface area is 152 Å². The van der Waals surface area contributed by atoms with Crippen LogP contribution < -0.4 is 25.4 Å². The lowest BCUT2D eigenvalue weighted by Crippen LogP contribution is -2.45. The van der Waals surface area contributed by atoms with E-state index in [1.54, 1.807) is 7.05 Å². The quantitative estimate of drug-likeness (QED) is 0.636. The number of anilines is 1. The van der Waals surface area contributed by atoms with Crippen LogP contribution in [0.4, 0.5) is 14.5 Å². The highest BCUT2D eigenvalue weighted by molar-refractivity contribution is 7.92. The number of sulfonamides is 1. The number of halogens is 3. The summed E-state index contributed by atoms with van der Waals surface area (Å²) >= 11 is 6.14. The maximum absolute atomic E-state index is 12.6. The van der Waals surface area contributed by atoms with Gasteiger partial charge in [0.15, 0.2) is 5.75 Å². The predicted molar refractivity (Wildman–Crippen MR) is 90.3 cm³/mol. The number of carbonyl (C=O) groups excluding carboxylic acids is 1. The average molecular weight is 413 g/mol. The zero-order valence-electron chi connectivity index (χ0n) is 13.7. The Hall–Kier alpha value is -2.38. The second-order valence-corrected chi connectivity index (χ2v) is 7.45. The van der Waals surface area contributed by atoms with Crippen LogP contribution in [0, 0.1) is 0 Å². The van der Waals surface area contributed by atoms with Crippen molar-refractivity contribution in [2.75, 3.05) is 24.7 Å². The van der Waals surface area contributed by atoms with E-state index in [9.17, 15) is 22.0 Å². The number of guanidine groups is 1. The van der Waals surface area contributed by atoms with E-state index in [2.05, 4.69) is 26.2 Å². The van der Waals surface area contributed by atoms with Gasteiger partial charge in [-0.05, 0) is 12.1 Å². The van der Waals surface area contributed by atoms with E-state index in [0.717, 1.165) is 25.4 Å². The minimum Gasteiger partial charge on any atom is -0.433 e. The van der Waals surface area contributed by atoms with E-state index in [0.29, 0.717) is 4.31 Å². The third-order valence-electron chi connectivity index (χ3n) is 3.27. The first-order valence-electron chi connectivity index (χ1n) is 6.87.